The summed E-state index contributed by atoms with van der Waals surface area (Å²) in [6.45, 7) is 0. The molecule has 3 nitrogen and oxygen atoms in total. The zero-order chi connectivity index (χ0) is 29.7. The molecule has 0 N–H and O–H groups in total. The van der Waals surface area contributed by atoms with Crippen LogP contribution in [0, 0.1) is 0 Å². The maximum absolute atomic E-state index is 5.06. The zero-order valence-electron chi connectivity index (χ0n) is 24.2. The van der Waals surface area contributed by atoms with E-state index in [0.29, 0.717) is 17.5 Å². The smallest absolute Gasteiger partial charge is 0.164 e. The fourth-order valence-electron chi connectivity index (χ4n) is 6.37. The van der Waals surface area contributed by atoms with Crippen molar-refractivity contribution in [2.75, 3.05) is 0 Å². The Balaban J connectivity index is 1.25. The largest absolute Gasteiger partial charge is 0.208 e. The quantitative estimate of drug-likeness (QED) is 0.191. The Hall–Kier alpha value is -5.71. The maximum atomic E-state index is 5.06. The van der Waals surface area contributed by atoms with Gasteiger partial charge in [0.15, 0.2) is 17.5 Å². The first-order valence-corrected chi connectivity index (χ1v) is 15.9. The maximum Gasteiger partial charge on any atom is 0.164 e. The molecule has 2 heterocycles. The van der Waals surface area contributed by atoms with E-state index in [9.17, 15) is 0 Å². The fraction of sp³-hybridized carbons (Fsp3) is 0. The van der Waals surface area contributed by atoms with Crippen LogP contribution in [0.4, 0.5) is 0 Å². The molecule has 0 aliphatic rings. The predicted molar refractivity (Wildman–Crippen MR) is 189 cm³/mol. The lowest BCUT2D eigenvalue weighted by Gasteiger charge is -2.10. The molecule has 0 spiro atoms. The first kappa shape index (κ1) is 25.8. The minimum Gasteiger partial charge on any atom is -0.208 e. The van der Waals surface area contributed by atoms with Crippen LogP contribution >= 0.6 is 11.3 Å². The molecule has 0 saturated carbocycles. The summed E-state index contributed by atoms with van der Waals surface area (Å²) in [6, 6.07) is 53.3. The molecule has 0 fully saturated rings. The second kappa shape index (κ2) is 10.5. The van der Waals surface area contributed by atoms with Gasteiger partial charge in [0.05, 0.1) is 0 Å². The topological polar surface area (TPSA) is 38.7 Å². The number of nitrogens with zero attached hydrogens (tertiary/aromatic N) is 3. The minimum atomic E-state index is 0.667. The van der Waals surface area contributed by atoms with E-state index in [2.05, 4.69) is 91.0 Å². The van der Waals surface area contributed by atoms with Gasteiger partial charge in [-0.05, 0) is 44.8 Å². The molecule has 0 amide bonds. The van der Waals surface area contributed by atoms with Gasteiger partial charge in [0.25, 0.3) is 0 Å². The van der Waals surface area contributed by atoms with Crippen LogP contribution in [-0.2, 0) is 0 Å². The van der Waals surface area contributed by atoms with Gasteiger partial charge in [-0.2, -0.15) is 0 Å². The second-order valence-corrected chi connectivity index (χ2v) is 12.3. The summed E-state index contributed by atoms with van der Waals surface area (Å²) in [6.07, 6.45) is 0. The van der Waals surface area contributed by atoms with Crippen LogP contribution in [0.15, 0.2) is 152 Å². The third-order valence-corrected chi connectivity index (χ3v) is 9.72. The van der Waals surface area contributed by atoms with Crippen molar-refractivity contribution in [2.24, 2.45) is 0 Å². The molecule has 7 aromatic carbocycles. The Kier molecular flexibility index (Phi) is 6.00. The van der Waals surface area contributed by atoms with E-state index in [1.54, 1.807) is 0 Å². The van der Waals surface area contributed by atoms with E-state index < -0.39 is 0 Å². The molecular formula is C41H25N3S. The lowest BCUT2D eigenvalue weighted by atomic mass is 9.96. The van der Waals surface area contributed by atoms with Crippen molar-refractivity contribution in [3.05, 3.63) is 152 Å². The Labute approximate surface area is 264 Å². The van der Waals surface area contributed by atoms with Gasteiger partial charge in [0.2, 0.25) is 0 Å². The van der Waals surface area contributed by atoms with Crippen molar-refractivity contribution in [3.63, 3.8) is 0 Å². The molecule has 9 rings (SSSR count). The molecule has 0 bridgehead atoms. The average molecular weight is 592 g/mol. The van der Waals surface area contributed by atoms with E-state index >= 15 is 0 Å². The zero-order valence-corrected chi connectivity index (χ0v) is 25.0. The number of aromatic nitrogens is 3. The number of rotatable bonds is 4. The molecular weight excluding hydrogens is 567 g/mol. The predicted octanol–water partition coefficient (Wildman–Crippen LogP) is 11.2. The van der Waals surface area contributed by atoms with Crippen LogP contribution < -0.4 is 0 Å². The van der Waals surface area contributed by atoms with E-state index in [-0.39, 0.29) is 0 Å². The number of hydrogen-bond donors (Lipinski definition) is 0. The summed E-state index contributed by atoms with van der Waals surface area (Å²) < 4.78 is 2.48. The van der Waals surface area contributed by atoms with Gasteiger partial charge in [-0.1, -0.05) is 140 Å². The van der Waals surface area contributed by atoms with Crippen molar-refractivity contribution < 1.29 is 0 Å². The van der Waals surface area contributed by atoms with Crippen LogP contribution in [0.3, 0.4) is 0 Å². The van der Waals surface area contributed by atoms with Gasteiger partial charge in [-0.15, -0.1) is 11.3 Å². The van der Waals surface area contributed by atoms with Gasteiger partial charge in [0, 0.05) is 36.9 Å². The summed E-state index contributed by atoms with van der Waals surface area (Å²) in [7, 11) is 0. The van der Waals surface area contributed by atoms with E-state index in [1.165, 1.54) is 52.8 Å². The summed E-state index contributed by atoms with van der Waals surface area (Å²) in [4.78, 5) is 15.0. The van der Waals surface area contributed by atoms with Crippen LogP contribution in [0.25, 0.3) is 87.0 Å². The fourth-order valence-corrected chi connectivity index (χ4v) is 7.64. The third-order valence-electron chi connectivity index (χ3n) is 8.52. The highest BCUT2D eigenvalue weighted by atomic mass is 32.1. The summed E-state index contributed by atoms with van der Waals surface area (Å²) in [5, 5.41) is 7.47. The number of benzene rings is 7. The molecule has 9 aromatic rings. The van der Waals surface area contributed by atoms with Crippen molar-refractivity contribution in [1.29, 1.82) is 0 Å². The van der Waals surface area contributed by atoms with Crippen LogP contribution in [0.2, 0.25) is 0 Å². The Bertz CT molecular complexity index is 2480. The van der Waals surface area contributed by atoms with Crippen LogP contribution in [0.1, 0.15) is 0 Å². The lowest BCUT2D eigenvalue weighted by Crippen LogP contribution is -2.00. The highest BCUT2D eigenvalue weighted by Gasteiger charge is 2.18. The number of thiophene rings is 1. The van der Waals surface area contributed by atoms with Crippen molar-refractivity contribution in [2.45, 2.75) is 0 Å². The lowest BCUT2D eigenvalue weighted by molar-refractivity contribution is 1.08. The van der Waals surface area contributed by atoms with Crippen LogP contribution in [0.5, 0.6) is 0 Å². The molecule has 0 aliphatic heterocycles. The highest BCUT2D eigenvalue weighted by Crippen LogP contribution is 2.44. The Morgan fingerprint density at radius 1 is 0.378 bits per heavy atom. The van der Waals surface area contributed by atoms with Crippen molar-refractivity contribution >= 4 is 53.1 Å². The molecule has 0 unspecified atom stereocenters. The van der Waals surface area contributed by atoms with Crippen LogP contribution in [-0.4, -0.2) is 15.0 Å². The van der Waals surface area contributed by atoms with Gasteiger partial charge < -0.3 is 0 Å². The van der Waals surface area contributed by atoms with Crippen molar-refractivity contribution in [1.82, 2.24) is 15.0 Å². The number of hydrogen-bond acceptors (Lipinski definition) is 4. The highest BCUT2D eigenvalue weighted by molar-refractivity contribution is 7.26. The molecule has 0 radical (unpaired) electrons. The molecule has 2 aromatic heterocycles. The minimum absolute atomic E-state index is 0.667. The second-order valence-electron chi connectivity index (χ2n) is 11.2. The van der Waals surface area contributed by atoms with E-state index in [4.69, 9.17) is 15.0 Å². The summed E-state index contributed by atoms with van der Waals surface area (Å²) >= 11 is 1.83. The normalized spacial score (nSPS) is 11.6. The van der Waals surface area contributed by atoms with E-state index in [0.717, 1.165) is 16.7 Å². The average Bonchev–Trinajstić information content (AvgIpc) is 3.51. The van der Waals surface area contributed by atoms with Crippen molar-refractivity contribution in [3.8, 4) is 45.3 Å². The van der Waals surface area contributed by atoms with Gasteiger partial charge in [0.1, 0.15) is 0 Å². The first-order valence-electron chi connectivity index (χ1n) is 15.0. The molecule has 0 saturated heterocycles. The Morgan fingerprint density at radius 3 is 1.76 bits per heavy atom. The molecule has 0 atom stereocenters. The SMILES string of the molecule is c1ccc(-c2nc(-c3ccccc3)nc(-c3cccc4sc5c(-c6ccc7c(ccc8ccccc87)c6)cccc5c34)n2)cc1. The summed E-state index contributed by atoms with van der Waals surface area (Å²) in [5.74, 6) is 2.01. The molecule has 210 valence electrons. The van der Waals surface area contributed by atoms with Gasteiger partial charge in [-0.3, -0.25) is 0 Å². The summed E-state index contributed by atoms with van der Waals surface area (Å²) in [5.41, 5.74) is 5.39. The Morgan fingerprint density at radius 2 is 0.978 bits per heavy atom. The van der Waals surface area contributed by atoms with Gasteiger partial charge in [-0.25, -0.2) is 15.0 Å². The molecule has 45 heavy (non-hydrogen) atoms. The first-order chi connectivity index (χ1) is 22.3. The third kappa shape index (κ3) is 4.38. The molecule has 0 aliphatic carbocycles. The van der Waals surface area contributed by atoms with Gasteiger partial charge >= 0.3 is 0 Å². The molecule has 4 heteroatoms. The standard InChI is InChI=1S/C41H25N3S/c1-3-12-27(13-4-1)39-42-40(28-14-5-2-6-15-28)44-41(43-39)35-19-10-20-36-37(35)34-18-9-17-33(38(34)45-36)30-23-24-32-29(25-30)22-21-26-11-7-8-16-31(26)32/h1-25H. The monoisotopic (exact) mass is 591 g/mol. The number of fused-ring (bicyclic) bond motifs is 6. The van der Waals surface area contributed by atoms with E-state index in [1.807, 2.05) is 72.0 Å².